The fourth-order valence-electron chi connectivity index (χ4n) is 3.04. The van der Waals surface area contributed by atoms with Crippen molar-refractivity contribution in [2.45, 2.75) is 18.5 Å². The van der Waals surface area contributed by atoms with E-state index in [4.69, 9.17) is 11.6 Å². The van der Waals surface area contributed by atoms with E-state index in [9.17, 15) is 17.6 Å². The summed E-state index contributed by atoms with van der Waals surface area (Å²) in [5, 5.41) is 9.58. The van der Waals surface area contributed by atoms with Gasteiger partial charge in [0.25, 0.3) is 10.2 Å². The fraction of sp³-hybridized carbons (Fsp3) is 0.235. The summed E-state index contributed by atoms with van der Waals surface area (Å²) in [6, 6.07) is 2.07. The number of thiazole rings is 1. The third kappa shape index (κ3) is 4.09. The first kappa shape index (κ1) is 20.9. The average molecular weight is 471 g/mol. The molecular weight excluding hydrogens is 455 g/mol. The highest BCUT2D eigenvalue weighted by Gasteiger charge is 2.41. The fourth-order valence-corrected chi connectivity index (χ4v) is 5.51. The summed E-state index contributed by atoms with van der Waals surface area (Å²) in [5.74, 6) is -1.17. The predicted molar refractivity (Wildman–Crippen MR) is 111 cm³/mol. The van der Waals surface area contributed by atoms with Gasteiger partial charge in [-0.2, -0.15) is 22.5 Å². The van der Waals surface area contributed by atoms with Crippen molar-refractivity contribution in [2.75, 3.05) is 12.4 Å². The molecule has 0 unspecified atom stereocenters. The average Bonchev–Trinajstić information content (AvgIpc) is 3.38. The molecule has 0 spiro atoms. The Morgan fingerprint density at radius 3 is 2.90 bits per heavy atom. The third-order valence-corrected chi connectivity index (χ3v) is 7.71. The lowest BCUT2D eigenvalue weighted by Gasteiger charge is -2.35. The van der Waals surface area contributed by atoms with Gasteiger partial charge in [0, 0.05) is 30.7 Å². The first-order valence-electron chi connectivity index (χ1n) is 8.70. The van der Waals surface area contributed by atoms with Crippen LogP contribution >= 0.6 is 22.9 Å². The van der Waals surface area contributed by atoms with Crippen LogP contribution in [0.15, 0.2) is 36.8 Å². The number of benzene rings is 1. The zero-order valence-corrected chi connectivity index (χ0v) is 17.9. The van der Waals surface area contributed by atoms with Crippen LogP contribution in [0.1, 0.15) is 17.5 Å². The molecule has 1 aliphatic rings. The van der Waals surface area contributed by atoms with Gasteiger partial charge in [0.15, 0.2) is 0 Å². The van der Waals surface area contributed by atoms with Gasteiger partial charge in [-0.05, 0) is 24.6 Å². The van der Waals surface area contributed by atoms with Crippen LogP contribution in [0, 0.1) is 5.82 Å². The summed E-state index contributed by atoms with van der Waals surface area (Å²) in [5.41, 5.74) is 1.10. The van der Waals surface area contributed by atoms with E-state index < -0.39 is 34.0 Å². The second-order valence-electron chi connectivity index (χ2n) is 6.61. The number of halogens is 2. The molecular formula is C17H16ClFN6O3S2. The van der Waals surface area contributed by atoms with Gasteiger partial charge in [0.1, 0.15) is 16.9 Å². The van der Waals surface area contributed by atoms with Gasteiger partial charge in [-0.25, -0.2) is 9.37 Å². The molecule has 1 amide bonds. The van der Waals surface area contributed by atoms with Gasteiger partial charge in [-0.3, -0.25) is 9.89 Å². The summed E-state index contributed by atoms with van der Waals surface area (Å²) in [6.07, 6.45) is 5.14. The topological polar surface area (TPSA) is 120 Å². The molecule has 9 nitrogen and oxygen atoms in total. The number of carbonyl (C=O) groups is 1. The van der Waals surface area contributed by atoms with Gasteiger partial charge in [-0.15, -0.1) is 11.3 Å². The van der Waals surface area contributed by atoms with Crippen LogP contribution in [-0.2, 0) is 15.0 Å². The van der Waals surface area contributed by atoms with Gasteiger partial charge in [0.05, 0.1) is 22.1 Å². The Morgan fingerprint density at radius 2 is 2.20 bits per heavy atom. The Kier molecular flexibility index (Phi) is 5.59. The smallest absolute Gasteiger partial charge is 0.280 e. The first-order valence-corrected chi connectivity index (χ1v) is 11.3. The van der Waals surface area contributed by atoms with Crippen LogP contribution in [0.25, 0.3) is 10.4 Å². The van der Waals surface area contributed by atoms with Crippen molar-refractivity contribution in [1.29, 1.82) is 0 Å². The maximum absolute atomic E-state index is 13.3. The number of aromatic nitrogens is 3. The minimum absolute atomic E-state index is 0.147. The number of hydrogen-bond acceptors (Lipinski definition) is 6. The zero-order chi connectivity index (χ0) is 21.5. The van der Waals surface area contributed by atoms with E-state index in [1.54, 1.807) is 18.6 Å². The number of aromatic amines is 1. The number of rotatable bonds is 4. The molecule has 3 aromatic rings. The molecule has 13 heteroatoms. The number of likely N-dealkylation sites (N-methyl/N-ethyl adjacent to an activating group) is 1. The second-order valence-corrected chi connectivity index (χ2v) is 9.84. The molecule has 30 heavy (non-hydrogen) atoms. The number of nitrogens with zero attached hydrogens (tertiary/aromatic N) is 3. The second kappa shape index (κ2) is 8.04. The highest BCUT2D eigenvalue weighted by Crippen LogP contribution is 2.34. The summed E-state index contributed by atoms with van der Waals surface area (Å²) in [6.45, 7) is 0. The van der Waals surface area contributed by atoms with Crippen LogP contribution in [0.4, 0.5) is 10.1 Å². The Balaban J connectivity index is 1.57. The standard InChI is InChI=1S/C17H16ClFN6O3S2/c1-25-14(16(26)23-10-2-3-12(19)11(18)4-10)5-13(24-30(25,27)28)17-20-8-15(29-17)9-6-21-22-7-9/h2-4,6-8,13-14,24H,5H2,1H3,(H,21,22)(H,23,26)/t13-,14+/m0/s1. The molecule has 2 atom stereocenters. The molecule has 0 aliphatic carbocycles. The van der Waals surface area contributed by atoms with Crippen molar-refractivity contribution in [3.05, 3.63) is 52.6 Å². The van der Waals surface area contributed by atoms with Crippen molar-refractivity contribution >= 4 is 44.7 Å². The van der Waals surface area contributed by atoms with Gasteiger partial charge in [-0.1, -0.05) is 11.6 Å². The largest absolute Gasteiger partial charge is 0.325 e. The van der Waals surface area contributed by atoms with Crippen molar-refractivity contribution in [3.8, 4) is 10.4 Å². The third-order valence-electron chi connectivity index (χ3n) is 4.66. The quantitative estimate of drug-likeness (QED) is 0.541. The molecule has 3 heterocycles. The van der Waals surface area contributed by atoms with Crippen LogP contribution in [0.2, 0.25) is 5.02 Å². The number of hydrogen-bond donors (Lipinski definition) is 3. The molecule has 158 valence electrons. The van der Waals surface area contributed by atoms with Crippen LogP contribution in [0.3, 0.4) is 0 Å². The minimum atomic E-state index is -3.92. The van der Waals surface area contributed by atoms with E-state index in [2.05, 4.69) is 25.2 Å². The molecule has 1 aliphatic heterocycles. The van der Waals surface area contributed by atoms with E-state index in [1.165, 1.54) is 30.5 Å². The number of amides is 1. The summed E-state index contributed by atoms with van der Waals surface area (Å²) in [7, 11) is -2.60. The summed E-state index contributed by atoms with van der Waals surface area (Å²) in [4.78, 5) is 18.0. The number of carbonyl (C=O) groups excluding carboxylic acids is 1. The molecule has 1 aromatic carbocycles. The number of nitrogens with one attached hydrogen (secondary N) is 3. The lowest BCUT2D eigenvalue weighted by molar-refractivity contribution is -0.120. The van der Waals surface area contributed by atoms with E-state index in [1.807, 2.05) is 0 Å². The molecule has 4 rings (SSSR count). The normalized spacial score (nSPS) is 21.4. The molecule has 1 fully saturated rings. The van der Waals surface area contributed by atoms with E-state index >= 15 is 0 Å². The Morgan fingerprint density at radius 1 is 1.40 bits per heavy atom. The van der Waals surface area contributed by atoms with Crippen molar-refractivity contribution in [2.24, 2.45) is 0 Å². The molecule has 1 saturated heterocycles. The highest BCUT2D eigenvalue weighted by molar-refractivity contribution is 7.87. The maximum atomic E-state index is 13.3. The summed E-state index contributed by atoms with van der Waals surface area (Å²) < 4.78 is 42.1. The van der Waals surface area contributed by atoms with Gasteiger partial charge < -0.3 is 5.32 Å². The van der Waals surface area contributed by atoms with Gasteiger partial charge >= 0.3 is 0 Å². The SMILES string of the molecule is CN1[C@@H](C(=O)Nc2ccc(F)c(Cl)c2)C[C@@H](c2ncc(-c3cn[nH]c3)s2)NS1(=O)=O. The minimum Gasteiger partial charge on any atom is -0.325 e. The summed E-state index contributed by atoms with van der Waals surface area (Å²) >= 11 is 7.06. The molecule has 3 N–H and O–H groups in total. The molecule has 0 bridgehead atoms. The highest BCUT2D eigenvalue weighted by atomic mass is 35.5. The Labute approximate surface area is 180 Å². The monoisotopic (exact) mass is 470 g/mol. The van der Waals surface area contributed by atoms with Crippen LogP contribution < -0.4 is 10.0 Å². The Bertz CT molecular complexity index is 1180. The van der Waals surface area contributed by atoms with Crippen molar-refractivity contribution < 1.29 is 17.6 Å². The molecule has 0 saturated carbocycles. The predicted octanol–water partition coefficient (Wildman–Crippen LogP) is 2.54. The maximum Gasteiger partial charge on any atom is 0.280 e. The van der Waals surface area contributed by atoms with Crippen molar-refractivity contribution in [3.63, 3.8) is 0 Å². The van der Waals surface area contributed by atoms with Gasteiger partial charge in [0.2, 0.25) is 5.91 Å². The number of anilines is 1. The lowest BCUT2D eigenvalue weighted by Crippen LogP contribution is -2.55. The Hall–Kier alpha value is -2.38. The lowest BCUT2D eigenvalue weighted by atomic mass is 10.1. The molecule has 2 aromatic heterocycles. The first-order chi connectivity index (χ1) is 14.2. The number of H-pyrrole nitrogens is 1. The van der Waals surface area contributed by atoms with Crippen LogP contribution in [-0.4, -0.2) is 46.9 Å². The van der Waals surface area contributed by atoms with Crippen molar-refractivity contribution in [1.82, 2.24) is 24.2 Å². The van der Waals surface area contributed by atoms with E-state index in [0.29, 0.717) is 5.01 Å². The van der Waals surface area contributed by atoms with E-state index in [-0.39, 0.29) is 17.1 Å². The zero-order valence-electron chi connectivity index (χ0n) is 15.5. The van der Waals surface area contributed by atoms with E-state index in [0.717, 1.165) is 20.8 Å². The molecule has 0 radical (unpaired) electrons. The van der Waals surface area contributed by atoms with Crippen LogP contribution in [0.5, 0.6) is 0 Å².